The molecule has 1 unspecified atom stereocenters. The maximum absolute atomic E-state index is 12.8. The normalized spacial score (nSPS) is 19.7. The highest BCUT2D eigenvalue weighted by atomic mass is 19.3. The number of hydrogen-bond acceptors (Lipinski definition) is 4. The number of aromatic nitrogens is 2. The van der Waals surface area contributed by atoms with E-state index >= 15 is 0 Å². The molecule has 2 aliphatic heterocycles. The van der Waals surface area contributed by atoms with Crippen molar-refractivity contribution in [2.75, 3.05) is 13.1 Å². The second-order valence-corrected chi connectivity index (χ2v) is 7.63. The van der Waals surface area contributed by atoms with Crippen molar-refractivity contribution in [3.63, 3.8) is 0 Å². The molecule has 0 spiro atoms. The lowest BCUT2D eigenvalue weighted by Crippen LogP contribution is -2.47. The number of hydrogen-bond donors (Lipinski definition) is 0. The van der Waals surface area contributed by atoms with Crippen molar-refractivity contribution in [3.05, 3.63) is 58.3 Å². The number of amides is 1. The molecule has 0 aliphatic carbocycles. The van der Waals surface area contributed by atoms with Crippen molar-refractivity contribution in [1.82, 2.24) is 14.5 Å². The van der Waals surface area contributed by atoms with E-state index in [4.69, 9.17) is 4.74 Å². The zero-order valence-electron chi connectivity index (χ0n) is 16.0. The Bertz CT molecular complexity index is 939. The smallest absolute Gasteiger partial charge is 0.280 e. The van der Waals surface area contributed by atoms with E-state index in [2.05, 4.69) is 4.98 Å². The Hall–Kier alpha value is -2.77. The molecule has 2 aliphatic rings. The molecule has 0 saturated carbocycles. The minimum Gasteiger partial charge on any atom is -0.480 e. The molecule has 1 amide bonds. The van der Waals surface area contributed by atoms with E-state index in [1.165, 1.54) is 10.9 Å². The minimum atomic E-state index is -2.75. The molecular formula is C21H23F2N3O3. The molecule has 1 aromatic heterocycles. The fourth-order valence-electron chi connectivity index (χ4n) is 4.01. The first-order valence-corrected chi connectivity index (χ1v) is 9.89. The maximum atomic E-state index is 12.8. The van der Waals surface area contributed by atoms with Gasteiger partial charge in [0.25, 0.3) is 17.9 Å². The Morgan fingerprint density at radius 3 is 2.69 bits per heavy atom. The third kappa shape index (κ3) is 4.31. The van der Waals surface area contributed by atoms with Gasteiger partial charge in [0.05, 0.1) is 6.33 Å². The van der Waals surface area contributed by atoms with Crippen molar-refractivity contribution >= 4 is 5.91 Å². The molecule has 8 heteroatoms. The zero-order chi connectivity index (χ0) is 20.4. The number of halogens is 2. The van der Waals surface area contributed by atoms with Crippen LogP contribution < -0.4 is 10.3 Å². The highest BCUT2D eigenvalue weighted by molar-refractivity contribution is 5.81. The van der Waals surface area contributed by atoms with Crippen LogP contribution in [0.15, 0.2) is 41.5 Å². The van der Waals surface area contributed by atoms with E-state index in [9.17, 15) is 18.4 Å². The van der Waals surface area contributed by atoms with Gasteiger partial charge in [0.2, 0.25) is 0 Å². The van der Waals surface area contributed by atoms with Crippen LogP contribution in [-0.2, 0) is 17.8 Å². The van der Waals surface area contributed by atoms with Crippen LogP contribution in [0, 0.1) is 5.92 Å². The molecule has 1 atom stereocenters. The van der Waals surface area contributed by atoms with Crippen LogP contribution in [0.25, 0.3) is 0 Å². The number of para-hydroxylation sites is 1. The molecule has 1 saturated heterocycles. The molecule has 2 aromatic rings. The Labute approximate surface area is 167 Å². The Morgan fingerprint density at radius 1 is 1.21 bits per heavy atom. The summed E-state index contributed by atoms with van der Waals surface area (Å²) in [7, 11) is 0. The molecule has 0 bridgehead atoms. The number of ether oxygens (including phenoxy) is 1. The van der Waals surface area contributed by atoms with Gasteiger partial charge in [0.1, 0.15) is 11.4 Å². The van der Waals surface area contributed by atoms with Crippen molar-refractivity contribution in [2.24, 2.45) is 5.92 Å². The van der Waals surface area contributed by atoms with E-state index < -0.39 is 23.8 Å². The van der Waals surface area contributed by atoms with Crippen molar-refractivity contribution < 1.29 is 18.3 Å². The van der Waals surface area contributed by atoms with Gasteiger partial charge in [0, 0.05) is 25.7 Å². The van der Waals surface area contributed by atoms with Crippen LogP contribution in [0.1, 0.15) is 36.9 Å². The molecule has 154 valence electrons. The highest BCUT2D eigenvalue weighted by Gasteiger charge is 2.32. The standard InChI is InChI=1S/C21H23F2N3O3/c22-20(23)16-11-19(27)26(13-24-16)12-14-7-9-25(10-8-14)21(28)18-6-5-15-3-1-2-4-17(15)29-18/h1-4,11,13-14,18,20H,5-10,12H2. The number of aryl methyl sites for hydroxylation is 1. The van der Waals surface area contributed by atoms with E-state index in [-0.39, 0.29) is 11.8 Å². The van der Waals surface area contributed by atoms with Gasteiger partial charge in [-0.05, 0) is 43.2 Å². The van der Waals surface area contributed by atoms with Gasteiger partial charge in [-0.1, -0.05) is 18.2 Å². The molecule has 0 N–H and O–H groups in total. The predicted octanol–water partition coefficient (Wildman–Crippen LogP) is 2.81. The van der Waals surface area contributed by atoms with Crippen LogP contribution in [0.3, 0.4) is 0 Å². The lowest BCUT2D eigenvalue weighted by Gasteiger charge is -2.35. The van der Waals surface area contributed by atoms with Gasteiger partial charge >= 0.3 is 0 Å². The number of alkyl halides is 2. The number of piperidine rings is 1. The van der Waals surface area contributed by atoms with Crippen LogP contribution in [0.4, 0.5) is 8.78 Å². The molecular weight excluding hydrogens is 380 g/mol. The third-order valence-corrected chi connectivity index (χ3v) is 5.70. The summed E-state index contributed by atoms with van der Waals surface area (Å²) in [5.41, 5.74) is 0.163. The first-order chi connectivity index (χ1) is 14.0. The highest BCUT2D eigenvalue weighted by Crippen LogP contribution is 2.29. The topological polar surface area (TPSA) is 64.4 Å². The van der Waals surface area contributed by atoms with Gasteiger partial charge in [-0.3, -0.25) is 14.2 Å². The van der Waals surface area contributed by atoms with Crippen molar-refractivity contribution in [1.29, 1.82) is 0 Å². The average Bonchev–Trinajstić information content (AvgIpc) is 2.74. The van der Waals surface area contributed by atoms with Crippen molar-refractivity contribution in [3.8, 4) is 5.75 Å². The fourth-order valence-corrected chi connectivity index (χ4v) is 4.01. The van der Waals surface area contributed by atoms with Gasteiger partial charge in [-0.25, -0.2) is 13.8 Å². The third-order valence-electron chi connectivity index (χ3n) is 5.70. The minimum absolute atomic E-state index is 0.0121. The first kappa shape index (κ1) is 19.5. The second kappa shape index (κ2) is 8.31. The number of fused-ring (bicyclic) bond motifs is 1. The SMILES string of the molecule is O=C(C1CCc2ccccc2O1)N1CCC(Cn2cnc(C(F)F)cc2=O)CC1. The predicted molar refractivity (Wildman–Crippen MR) is 102 cm³/mol. The van der Waals surface area contributed by atoms with Gasteiger partial charge < -0.3 is 9.64 Å². The van der Waals surface area contributed by atoms with E-state index in [0.29, 0.717) is 26.1 Å². The second-order valence-electron chi connectivity index (χ2n) is 7.63. The molecule has 1 fully saturated rings. The van der Waals surface area contributed by atoms with Gasteiger partial charge in [-0.15, -0.1) is 0 Å². The Balaban J connectivity index is 1.32. The number of likely N-dealkylation sites (tertiary alicyclic amines) is 1. The summed E-state index contributed by atoms with van der Waals surface area (Å²) in [6.07, 6.45) is 0.988. The molecule has 29 heavy (non-hydrogen) atoms. The summed E-state index contributed by atoms with van der Waals surface area (Å²) in [5.74, 6) is 0.994. The van der Waals surface area contributed by atoms with Crippen LogP contribution in [0.2, 0.25) is 0 Å². The number of benzene rings is 1. The zero-order valence-corrected chi connectivity index (χ0v) is 16.0. The monoisotopic (exact) mass is 403 g/mol. The Morgan fingerprint density at radius 2 is 1.97 bits per heavy atom. The Kier molecular flexibility index (Phi) is 5.60. The quantitative estimate of drug-likeness (QED) is 0.788. The lowest BCUT2D eigenvalue weighted by atomic mass is 9.95. The largest absolute Gasteiger partial charge is 0.480 e. The van der Waals surface area contributed by atoms with Crippen LogP contribution >= 0.6 is 0 Å². The average molecular weight is 403 g/mol. The molecule has 6 nitrogen and oxygen atoms in total. The lowest BCUT2D eigenvalue weighted by molar-refractivity contribution is -0.141. The van der Waals surface area contributed by atoms with E-state index in [1.54, 1.807) is 0 Å². The van der Waals surface area contributed by atoms with E-state index in [0.717, 1.165) is 36.6 Å². The van der Waals surface area contributed by atoms with Crippen LogP contribution in [-0.4, -0.2) is 39.6 Å². The molecule has 3 heterocycles. The number of carbonyl (C=O) groups excluding carboxylic acids is 1. The number of nitrogens with zero attached hydrogens (tertiary/aromatic N) is 3. The van der Waals surface area contributed by atoms with Crippen LogP contribution in [0.5, 0.6) is 5.75 Å². The number of carbonyl (C=O) groups is 1. The molecule has 1 aromatic carbocycles. The fraction of sp³-hybridized carbons (Fsp3) is 0.476. The summed E-state index contributed by atoms with van der Waals surface area (Å²) in [6, 6.07) is 8.68. The summed E-state index contributed by atoms with van der Waals surface area (Å²) in [6.45, 7) is 1.62. The first-order valence-electron chi connectivity index (χ1n) is 9.89. The van der Waals surface area contributed by atoms with Gasteiger partial charge in [0.15, 0.2) is 6.10 Å². The summed E-state index contributed by atoms with van der Waals surface area (Å²) >= 11 is 0. The maximum Gasteiger partial charge on any atom is 0.280 e. The van der Waals surface area contributed by atoms with Crippen molar-refractivity contribution in [2.45, 2.75) is 44.8 Å². The summed E-state index contributed by atoms with van der Waals surface area (Å²) < 4.78 is 32.5. The summed E-state index contributed by atoms with van der Waals surface area (Å²) in [5, 5.41) is 0. The number of rotatable bonds is 4. The van der Waals surface area contributed by atoms with Gasteiger partial charge in [-0.2, -0.15) is 0 Å². The molecule has 4 rings (SSSR count). The molecule has 0 radical (unpaired) electrons. The van der Waals surface area contributed by atoms with E-state index in [1.807, 2.05) is 29.2 Å². The summed E-state index contributed by atoms with van der Waals surface area (Å²) in [4.78, 5) is 30.3.